The molecule has 0 aliphatic heterocycles. The van der Waals surface area contributed by atoms with Gasteiger partial charge in [0.25, 0.3) is 0 Å². The lowest BCUT2D eigenvalue weighted by atomic mass is 9.97. The molecule has 0 atom stereocenters. The van der Waals surface area contributed by atoms with Crippen LogP contribution in [-0.4, -0.2) is 18.5 Å². The number of nitrogens with one attached hydrogen (secondary N) is 1. The summed E-state index contributed by atoms with van der Waals surface area (Å²) < 4.78 is 11.2. The molecule has 0 fully saturated rings. The molecule has 0 aliphatic carbocycles. The van der Waals surface area contributed by atoms with Gasteiger partial charge in [-0.1, -0.05) is 65.7 Å². The van der Waals surface area contributed by atoms with Crippen LogP contribution in [0.25, 0.3) is 17.2 Å². The van der Waals surface area contributed by atoms with E-state index in [-0.39, 0.29) is 12.5 Å². The Balaban J connectivity index is 1.44. The van der Waals surface area contributed by atoms with Crippen molar-refractivity contribution in [1.29, 1.82) is 0 Å². The van der Waals surface area contributed by atoms with Crippen LogP contribution in [0.1, 0.15) is 45.1 Å². The topological polar surface area (TPSA) is 64.6 Å². The van der Waals surface area contributed by atoms with E-state index in [9.17, 15) is 9.59 Å². The van der Waals surface area contributed by atoms with Crippen LogP contribution in [0.3, 0.4) is 0 Å². The third-order valence-electron chi connectivity index (χ3n) is 6.01. The average molecular weight is 526 g/mol. The Morgan fingerprint density at radius 1 is 0.895 bits per heavy atom. The van der Waals surface area contributed by atoms with Gasteiger partial charge in [0.15, 0.2) is 0 Å². The third-order valence-corrected chi connectivity index (χ3v) is 6.91. The number of ether oxygens (including phenoxy) is 2. The molecule has 0 saturated heterocycles. The van der Waals surface area contributed by atoms with E-state index in [1.54, 1.807) is 13.0 Å². The van der Waals surface area contributed by atoms with E-state index in [1.165, 1.54) is 23.0 Å². The van der Waals surface area contributed by atoms with Gasteiger partial charge < -0.3 is 14.8 Å². The third kappa shape index (κ3) is 6.78. The highest BCUT2D eigenvalue weighted by Crippen LogP contribution is 2.38. The maximum atomic E-state index is 12.9. The van der Waals surface area contributed by atoms with Crippen molar-refractivity contribution >= 4 is 34.3 Å². The monoisotopic (exact) mass is 525 g/mol. The summed E-state index contributed by atoms with van der Waals surface area (Å²) in [6.45, 7) is 8.60. The highest BCUT2D eigenvalue weighted by Gasteiger charge is 2.23. The van der Waals surface area contributed by atoms with Gasteiger partial charge in [0.1, 0.15) is 22.9 Å². The predicted octanol–water partition coefficient (Wildman–Crippen LogP) is 7.75. The van der Waals surface area contributed by atoms with Crippen molar-refractivity contribution in [3.05, 3.63) is 112 Å². The molecule has 0 aliphatic rings. The molecule has 6 heteroatoms. The molecule has 0 spiro atoms. The summed E-state index contributed by atoms with van der Waals surface area (Å²) in [6.07, 6.45) is 3.18. The molecule has 4 aromatic rings. The van der Waals surface area contributed by atoms with Crippen LogP contribution in [-0.2, 0) is 16.1 Å². The van der Waals surface area contributed by atoms with E-state index >= 15 is 0 Å². The van der Waals surface area contributed by atoms with E-state index < -0.39 is 5.97 Å². The number of anilines is 1. The highest BCUT2D eigenvalue weighted by molar-refractivity contribution is 7.15. The van der Waals surface area contributed by atoms with Crippen molar-refractivity contribution in [2.45, 2.75) is 34.3 Å². The summed E-state index contributed by atoms with van der Waals surface area (Å²) in [5.41, 5.74) is 7.44. The molecule has 38 heavy (non-hydrogen) atoms. The maximum Gasteiger partial charge on any atom is 0.341 e. The Kier molecular flexibility index (Phi) is 8.77. The van der Waals surface area contributed by atoms with Gasteiger partial charge in [-0.25, -0.2) is 4.79 Å². The van der Waals surface area contributed by atoms with Crippen LogP contribution in [0.15, 0.2) is 78.2 Å². The van der Waals surface area contributed by atoms with Crippen molar-refractivity contribution in [3.63, 3.8) is 0 Å². The molecule has 1 aromatic heterocycles. The quantitative estimate of drug-likeness (QED) is 0.179. The Hall–Kier alpha value is -4.16. The smallest absolute Gasteiger partial charge is 0.341 e. The summed E-state index contributed by atoms with van der Waals surface area (Å²) >= 11 is 1.31. The Morgan fingerprint density at radius 3 is 2.29 bits per heavy atom. The van der Waals surface area contributed by atoms with Gasteiger partial charge in [0.2, 0.25) is 5.91 Å². The second-order valence-corrected chi connectivity index (χ2v) is 9.94. The zero-order valence-corrected chi connectivity index (χ0v) is 22.9. The zero-order valence-electron chi connectivity index (χ0n) is 22.0. The van der Waals surface area contributed by atoms with Gasteiger partial charge in [-0.05, 0) is 68.2 Å². The fraction of sp³-hybridized carbons (Fsp3) is 0.188. The Labute approximate surface area is 227 Å². The van der Waals surface area contributed by atoms with Crippen LogP contribution in [0.4, 0.5) is 5.00 Å². The fourth-order valence-electron chi connectivity index (χ4n) is 4.02. The molecular formula is C32H31NO4S. The van der Waals surface area contributed by atoms with Gasteiger partial charge in [-0.2, -0.15) is 0 Å². The minimum Gasteiger partial charge on any atom is -0.489 e. The van der Waals surface area contributed by atoms with Crippen molar-refractivity contribution in [2.75, 3.05) is 11.9 Å². The molecule has 0 saturated carbocycles. The molecular weight excluding hydrogens is 494 g/mol. The molecule has 5 nitrogen and oxygen atoms in total. The first-order valence-electron chi connectivity index (χ1n) is 12.5. The van der Waals surface area contributed by atoms with Crippen LogP contribution in [0.2, 0.25) is 0 Å². The lowest BCUT2D eigenvalue weighted by Gasteiger charge is -2.10. The number of hydrogen-bond acceptors (Lipinski definition) is 5. The van der Waals surface area contributed by atoms with Crippen molar-refractivity contribution in [3.8, 4) is 16.9 Å². The van der Waals surface area contributed by atoms with Gasteiger partial charge in [-0.15, -0.1) is 11.3 Å². The number of esters is 1. The van der Waals surface area contributed by atoms with E-state index in [0.717, 1.165) is 39.1 Å². The van der Waals surface area contributed by atoms with E-state index in [4.69, 9.17) is 9.47 Å². The first kappa shape index (κ1) is 26.9. The molecule has 1 heterocycles. The van der Waals surface area contributed by atoms with Gasteiger partial charge in [0.05, 0.1) is 6.61 Å². The van der Waals surface area contributed by atoms with Gasteiger partial charge in [-0.3, -0.25) is 4.79 Å². The zero-order chi connectivity index (χ0) is 27.1. The number of carbonyl (C=O) groups excluding carboxylic acids is 2. The standard InChI is InChI=1S/C32H31NO4S/c1-5-36-32(35)30-28(27-16-8-22(3)18-23(27)4)20-38-31(30)33-29(34)17-13-24-11-14-26(15-12-24)37-19-25-9-6-21(2)7-10-25/h6-18,20H,5,19H2,1-4H3,(H,33,34)/b17-13+. The normalized spacial score (nSPS) is 10.9. The highest BCUT2D eigenvalue weighted by atomic mass is 32.1. The second kappa shape index (κ2) is 12.4. The summed E-state index contributed by atoms with van der Waals surface area (Å²) in [5, 5.41) is 5.22. The van der Waals surface area contributed by atoms with E-state index in [0.29, 0.717) is 17.2 Å². The van der Waals surface area contributed by atoms with E-state index in [1.807, 2.05) is 55.6 Å². The molecule has 0 bridgehead atoms. The summed E-state index contributed by atoms with van der Waals surface area (Å²) in [7, 11) is 0. The van der Waals surface area contributed by atoms with Crippen molar-refractivity contribution in [2.24, 2.45) is 0 Å². The number of thiophene rings is 1. The van der Waals surface area contributed by atoms with Crippen LogP contribution in [0.5, 0.6) is 5.75 Å². The average Bonchev–Trinajstić information content (AvgIpc) is 3.31. The molecule has 194 valence electrons. The molecule has 4 rings (SSSR count). The first-order chi connectivity index (χ1) is 18.3. The Morgan fingerprint density at radius 2 is 1.61 bits per heavy atom. The summed E-state index contributed by atoms with van der Waals surface area (Å²) in [6, 6.07) is 21.8. The van der Waals surface area contributed by atoms with Crippen molar-refractivity contribution < 1.29 is 19.1 Å². The molecule has 0 unspecified atom stereocenters. The molecule has 0 radical (unpaired) electrons. The minimum atomic E-state index is -0.454. The maximum absolute atomic E-state index is 12.9. The summed E-state index contributed by atoms with van der Waals surface area (Å²) in [4.78, 5) is 25.6. The summed E-state index contributed by atoms with van der Waals surface area (Å²) in [5.74, 6) is -0.0303. The number of hydrogen-bond donors (Lipinski definition) is 1. The van der Waals surface area contributed by atoms with Crippen molar-refractivity contribution in [1.82, 2.24) is 0 Å². The van der Waals surface area contributed by atoms with Crippen LogP contribution < -0.4 is 10.1 Å². The molecule has 3 aromatic carbocycles. The van der Waals surface area contributed by atoms with E-state index in [2.05, 4.69) is 42.6 Å². The SMILES string of the molecule is CCOC(=O)c1c(-c2ccc(C)cc2C)csc1NC(=O)/C=C/c1ccc(OCc2ccc(C)cc2)cc1. The lowest BCUT2D eigenvalue weighted by molar-refractivity contribution is -0.111. The van der Waals surface area contributed by atoms with Gasteiger partial charge >= 0.3 is 5.97 Å². The predicted molar refractivity (Wildman–Crippen MR) is 155 cm³/mol. The minimum absolute atomic E-state index is 0.249. The van der Waals surface area contributed by atoms with Crippen LogP contribution >= 0.6 is 11.3 Å². The molecule has 1 N–H and O–H groups in total. The first-order valence-corrected chi connectivity index (χ1v) is 13.4. The van der Waals surface area contributed by atoms with Gasteiger partial charge in [0, 0.05) is 17.0 Å². The lowest BCUT2D eigenvalue weighted by Crippen LogP contribution is -2.12. The Bertz CT molecular complexity index is 1450. The molecule has 1 amide bonds. The largest absolute Gasteiger partial charge is 0.489 e. The number of rotatable bonds is 9. The number of amides is 1. The number of benzene rings is 3. The number of carbonyl (C=O) groups is 2. The van der Waals surface area contributed by atoms with Crippen LogP contribution in [0, 0.1) is 20.8 Å². The fourth-order valence-corrected chi connectivity index (χ4v) is 4.97. The second-order valence-electron chi connectivity index (χ2n) is 9.06. The number of aryl methyl sites for hydroxylation is 3.